The highest BCUT2D eigenvalue weighted by Crippen LogP contribution is 2.34. The molecular weight excluding hydrogens is 314 g/mol. The molecule has 126 valence electrons. The molecular formula is C15H23N5O2S. The monoisotopic (exact) mass is 337 g/mol. The number of nitrogens with one attached hydrogen (secondary N) is 1. The first-order valence-electron chi connectivity index (χ1n) is 8.49. The molecule has 4 heterocycles. The summed E-state index contributed by atoms with van der Waals surface area (Å²) in [6.45, 7) is 5.34. The Morgan fingerprint density at radius 2 is 1.65 bits per heavy atom. The summed E-state index contributed by atoms with van der Waals surface area (Å²) in [6, 6.07) is 0. The van der Waals surface area contributed by atoms with Crippen molar-refractivity contribution in [3.8, 4) is 0 Å². The lowest BCUT2D eigenvalue weighted by Gasteiger charge is -2.30. The first-order valence-corrected chi connectivity index (χ1v) is 10.1. The molecule has 0 saturated carbocycles. The Hall–Kier alpha value is -1.41. The summed E-state index contributed by atoms with van der Waals surface area (Å²) >= 11 is 0. The second-order valence-electron chi connectivity index (χ2n) is 6.48. The lowest BCUT2D eigenvalue weighted by molar-refractivity contribution is 0.570. The van der Waals surface area contributed by atoms with E-state index in [-0.39, 0.29) is 5.75 Å². The third-order valence-corrected chi connectivity index (χ3v) is 6.72. The van der Waals surface area contributed by atoms with Crippen LogP contribution >= 0.6 is 0 Å². The van der Waals surface area contributed by atoms with E-state index in [0.717, 1.165) is 64.2 Å². The zero-order valence-corrected chi connectivity index (χ0v) is 14.1. The van der Waals surface area contributed by atoms with Gasteiger partial charge in [-0.2, -0.15) is 4.98 Å². The van der Waals surface area contributed by atoms with Crippen LogP contribution in [0, 0.1) is 0 Å². The van der Waals surface area contributed by atoms with Gasteiger partial charge in [-0.1, -0.05) is 0 Å². The van der Waals surface area contributed by atoms with Crippen LogP contribution in [0.2, 0.25) is 0 Å². The van der Waals surface area contributed by atoms with Crippen LogP contribution in [0.1, 0.15) is 25.0 Å². The first-order chi connectivity index (χ1) is 11.1. The van der Waals surface area contributed by atoms with Gasteiger partial charge in [-0.3, -0.25) is 0 Å². The molecule has 1 aromatic heterocycles. The van der Waals surface area contributed by atoms with Crippen molar-refractivity contribution >= 4 is 21.6 Å². The minimum absolute atomic E-state index is 0.219. The molecule has 0 atom stereocenters. The Bertz CT molecular complexity index is 694. The molecule has 8 heteroatoms. The van der Waals surface area contributed by atoms with Gasteiger partial charge in [-0.05, 0) is 25.7 Å². The van der Waals surface area contributed by atoms with Crippen molar-refractivity contribution in [3.05, 3.63) is 5.69 Å². The van der Waals surface area contributed by atoms with Gasteiger partial charge >= 0.3 is 0 Å². The van der Waals surface area contributed by atoms with E-state index >= 15 is 0 Å². The Morgan fingerprint density at radius 1 is 0.913 bits per heavy atom. The minimum atomic E-state index is -3.26. The van der Waals surface area contributed by atoms with E-state index < -0.39 is 9.84 Å². The SMILES string of the molecule is O=S1(=O)CCCc2nc(N3CCNCC3)nc(N3CCCC3)c21. The van der Waals surface area contributed by atoms with E-state index in [1.165, 1.54) is 0 Å². The van der Waals surface area contributed by atoms with E-state index in [9.17, 15) is 8.42 Å². The second-order valence-corrected chi connectivity index (χ2v) is 8.52. The number of rotatable bonds is 2. The van der Waals surface area contributed by atoms with Crippen LogP contribution in [-0.4, -0.2) is 63.4 Å². The number of hydrogen-bond acceptors (Lipinski definition) is 7. The van der Waals surface area contributed by atoms with Gasteiger partial charge in [0.05, 0.1) is 11.4 Å². The lowest BCUT2D eigenvalue weighted by atomic mass is 10.2. The first kappa shape index (κ1) is 15.1. The van der Waals surface area contributed by atoms with Gasteiger partial charge in [0.2, 0.25) is 5.95 Å². The second kappa shape index (κ2) is 5.90. The van der Waals surface area contributed by atoms with E-state index in [1.54, 1.807) is 0 Å². The number of aryl methyl sites for hydroxylation is 1. The summed E-state index contributed by atoms with van der Waals surface area (Å²) in [7, 11) is -3.26. The van der Waals surface area contributed by atoms with Gasteiger partial charge in [0.15, 0.2) is 15.7 Å². The number of sulfone groups is 1. The molecule has 0 aliphatic carbocycles. The van der Waals surface area contributed by atoms with Crippen LogP contribution in [0.25, 0.3) is 0 Å². The van der Waals surface area contributed by atoms with Gasteiger partial charge in [0.1, 0.15) is 4.90 Å². The summed E-state index contributed by atoms with van der Waals surface area (Å²) < 4.78 is 25.2. The lowest BCUT2D eigenvalue weighted by Crippen LogP contribution is -2.44. The molecule has 1 N–H and O–H groups in total. The molecule has 23 heavy (non-hydrogen) atoms. The van der Waals surface area contributed by atoms with Crippen molar-refractivity contribution in [1.29, 1.82) is 0 Å². The third-order valence-electron chi connectivity index (χ3n) is 4.85. The standard InChI is InChI=1S/C15H23N5O2S/c21-23(22)11-3-4-12-13(23)14(19-7-1-2-8-19)18-15(17-12)20-9-5-16-6-10-20/h16H,1-11H2. The Labute approximate surface area is 137 Å². The topological polar surface area (TPSA) is 78.4 Å². The summed E-state index contributed by atoms with van der Waals surface area (Å²) in [6.07, 6.45) is 3.59. The number of aromatic nitrogens is 2. The maximum Gasteiger partial charge on any atom is 0.227 e. The summed E-state index contributed by atoms with van der Waals surface area (Å²) in [4.78, 5) is 14.1. The van der Waals surface area contributed by atoms with E-state index in [2.05, 4.69) is 20.1 Å². The molecule has 0 amide bonds. The van der Waals surface area contributed by atoms with Crippen molar-refractivity contribution in [1.82, 2.24) is 15.3 Å². The molecule has 7 nitrogen and oxygen atoms in total. The van der Waals surface area contributed by atoms with Gasteiger partial charge in [-0.15, -0.1) is 0 Å². The van der Waals surface area contributed by atoms with E-state index in [1.807, 2.05) is 0 Å². The van der Waals surface area contributed by atoms with Crippen molar-refractivity contribution in [2.45, 2.75) is 30.6 Å². The quantitative estimate of drug-likeness (QED) is 0.826. The number of fused-ring (bicyclic) bond motifs is 1. The smallest absolute Gasteiger partial charge is 0.227 e. The van der Waals surface area contributed by atoms with Crippen LogP contribution in [0.4, 0.5) is 11.8 Å². The van der Waals surface area contributed by atoms with Gasteiger partial charge in [0, 0.05) is 39.3 Å². The number of hydrogen-bond donors (Lipinski definition) is 1. The van der Waals surface area contributed by atoms with E-state index in [4.69, 9.17) is 4.98 Å². The summed E-state index contributed by atoms with van der Waals surface area (Å²) in [5.74, 6) is 1.57. The normalized spacial score (nSPS) is 23.8. The Balaban J connectivity index is 1.83. The van der Waals surface area contributed by atoms with Gasteiger partial charge in [-0.25, -0.2) is 13.4 Å². The maximum absolute atomic E-state index is 12.6. The van der Waals surface area contributed by atoms with Crippen LogP contribution in [-0.2, 0) is 16.3 Å². The van der Waals surface area contributed by atoms with Crippen molar-refractivity contribution in [2.24, 2.45) is 0 Å². The fourth-order valence-electron chi connectivity index (χ4n) is 3.64. The predicted molar refractivity (Wildman–Crippen MR) is 88.9 cm³/mol. The average Bonchev–Trinajstić information content (AvgIpc) is 3.09. The minimum Gasteiger partial charge on any atom is -0.355 e. The highest BCUT2D eigenvalue weighted by Gasteiger charge is 2.33. The van der Waals surface area contributed by atoms with Crippen LogP contribution in [0.15, 0.2) is 4.90 Å². The van der Waals surface area contributed by atoms with Crippen LogP contribution < -0.4 is 15.1 Å². The molecule has 4 rings (SSSR count). The Morgan fingerprint density at radius 3 is 2.39 bits per heavy atom. The fraction of sp³-hybridized carbons (Fsp3) is 0.733. The molecule has 0 radical (unpaired) electrons. The van der Waals surface area contributed by atoms with Crippen LogP contribution in [0.5, 0.6) is 0 Å². The zero-order valence-electron chi connectivity index (χ0n) is 13.3. The third kappa shape index (κ3) is 2.78. The molecule has 2 fully saturated rings. The van der Waals surface area contributed by atoms with Gasteiger partial charge in [0.25, 0.3) is 0 Å². The molecule has 1 aromatic rings. The highest BCUT2D eigenvalue weighted by molar-refractivity contribution is 7.91. The van der Waals surface area contributed by atoms with Gasteiger partial charge < -0.3 is 15.1 Å². The molecule has 0 spiro atoms. The summed E-state index contributed by atoms with van der Waals surface area (Å²) in [5.41, 5.74) is 0.724. The molecule has 0 unspecified atom stereocenters. The number of piperazine rings is 1. The fourth-order valence-corrected chi connectivity index (χ4v) is 5.33. The number of anilines is 2. The molecule has 0 aromatic carbocycles. The van der Waals surface area contributed by atoms with Crippen molar-refractivity contribution < 1.29 is 8.42 Å². The van der Waals surface area contributed by atoms with E-state index in [0.29, 0.717) is 23.1 Å². The highest BCUT2D eigenvalue weighted by atomic mass is 32.2. The number of nitrogens with zero attached hydrogens (tertiary/aromatic N) is 4. The van der Waals surface area contributed by atoms with Crippen LogP contribution in [0.3, 0.4) is 0 Å². The van der Waals surface area contributed by atoms with Crippen molar-refractivity contribution in [2.75, 3.05) is 54.8 Å². The largest absolute Gasteiger partial charge is 0.355 e. The zero-order chi connectivity index (χ0) is 15.9. The van der Waals surface area contributed by atoms with Crippen molar-refractivity contribution in [3.63, 3.8) is 0 Å². The summed E-state index contributed by atoms with van der Waals surface area (Å²) in [5, 5.41) is 3.33. The molecule has 3 aliphatic heterocycles. The maximum atomic E-state index is 12.6. The molecule has 0 bridgehead atoms. The molecule has 3 aliphatic rings. The predicted octanol–water partition coefficient (Wildman–Crippen LogP) is 0.206. The average molecular weight is 337 g/mol. The molecule has 2 saturated heterocycles. The Kier molecular flexibility index (Phi) is 3.88.